The van der Waals surface area contributed by atoms with Gasteiger partial charge in [-0.1, -0.05) is 20.8 Å². The van der Waals surface area contributed by atoms with Crippen LogP contribution in [0.1, 0.15) is 45.1 Å². The van der Waals surface area contributed by atoms with E-state index in [0.717, 1.165) is 24.7 Å². The Kier molecular flexibility index (Phi) is 5.39. The highest BCUT2D eigenvalue weighted by Crippen LogP contribution is 2.30. The molecule has 1 aromatic rings. The molecule has 2 heterocycles. The van der Waals surface area contributed by atoms with E-state index in [4.69, 9.17) is 0 Å². The maximum absolute atomic E-state index is 4.56. The van der Waals surface area contributed by atoms with Gasteiger partial charge in [0.1, 0.15) is 18.0 Å². The monoisotopic (exact) mass is 291 g/mol. The van der Waals surface area contributed by atoms with Crippen LogP contribution in [-0.4, -0.2) is 54.6 Å². The molecule has 5 nitrogen and oxygen atoms in total. The predicted octanol–water partition coefficient (Wildman–Crippen LogP) is 2.56. The van der Waals surface area contributed by atoms with Gasteiger partial charge < -0.3 is 10.2 Å². The van der Waals surface area contributed by atoms with E-state index in [9.17, 15) is 0 Å². The highest BCUT2D eigenvalue weighted by Gasteiger charge is 2.26. The summed E-state index contributed by atoms with van der Waals surface area (Å²) in [7, 11) is 4.08. The van der Waals surface area contributed by atoms with Gasteiger partial charge in [-0.15, -0.1) is 0 Å². The lowest BCUT2D eigenvalue weighted by molar-refractivity contribution is 0.270. The molecule has 0 aliphatic carbocycles. The molecule has 1 aliphatic heterocycles. The summed E-state index contributed by atoms with van der Waals surface area (Å²) in [4.78, 5) is 13.8. The Bertz CT molecular complexity index is 460. The molecular formula is C16H29N5. The van der Waals surface area contributed by atoms with E-state index in [-0.39, 0.29) is 0 Å². The van der Waals surface area contributed by atoms with Gasteiger partial charge in [-0.05, 0) is 31.8 Å². The maximum Gasteiger partial charge on any atom is 0.137 e. The Balaban J connectivity index is 2.20. The van der Waals surface area contributed by atoms with Crippen LogP contribution in [-0.2, 0) is 0 Å². The molecule has 2 rings (SSSR count). The molecule has 0 radical (unpaired) electrons. The van der Waals surface area contributed by atoms with Crippen LogP contribution in [0.25, 0.3) is 0 Å². The Morgan fingerprint density at radius 1 is 1.43 bits per heavy atom. The third-order valence-corrected chi connectivity index (χ3v) is 4.43. The number of nitrogens with zero attached hydrogens (tertiary/aromatic N) is 4. The van der Waals surface area contributed by atoms with Gasteiger partial charge in [-0.25, -0.2) is 9.97 Å². The molecule has 118 valence electrons. The summed E-state index contributed by atoms with van der Waals surface area (Å²) in [5, 5.41) is 3.20. The molecule has 1 fully saturated rings. The van der Waals surface area contributed by atoms with E-state index in [1.54, 1.807) is 6.33 Å². The SMILES string of the molecule is CCN1CCCC1CN(C)c1ncnc(NC)c1C(C)C. The van der Waals surface area contributed by atoms with Gasteiger partial charge in [0, 0.05) is 32.2 Å². The van der Waals surface area contributed by atoms with Crippen molar-refractivity contribution in [3.05, 3.63) is 11.9 Å². The van der Waals surface area contributed by atoms with Crippen molar-refractivity contribution >= 4 is 11.6 Å². The molecule has 0 spiro atoms. The van der Waals surface area contributed by atoms with E-state index in [0.29, 0.717) is 12.0 Å². The standard InChI is InChI=1S/C16H29N5/c1-6-21-9-7-8-13(21)10-20(5)16-14(12(2)3)15(17-4)18-11-19-16/h11-13H,6-10H2,1-5H3,(H,17,18,19). The molecule has 0 saturated carbocycles. The zero-order valence-electron chi connectivity index (χ0n) is 14.1. The summed E-state index contributed by atoms with van der Waals surface area (Å²) < 4.78 is 0. The molecule has 1 atom stereocenters. The largest absolute Gasteiger partial charge is 0.373 e. The van der Waals surface area contributed by atoms with Crippen LogP contribution >= 0.6 is 0 Å². The Hall–Kier alpha value is -1.36. The van der Waals surface area contributed by atoms with Crippen molar-refractivity contribution in [1.29, 1.82) is 0 Å². The average molecular weight is 291 g/mol. The molecule has 0 amide bonds. The van der Waals surface area contributed by atoms with Crippen LogP contribution in [0.15, 0.2) is 6.33 Å². The second-order valence-corrected chi connectivity index (χ2v) is 6.17. The second-order valence-electron chi connectivity index (χ2n) is 6.17. The summed E-state index contributed by atoms with van der Waals surface area (Å²) in [5.41, 5.74) is 1.21. The molecule has 1 aliphatic rings. The highest BCUT2D eigenvalue weighted by atomic mass is 15.2. The minimum absolute atomic E-state index is 0.400. The third-order valence-electron chi connectivity index (χ3n) is 4.43. The minimum atomic E-state index is 0.400. The van der Waals surface area contributed by atoms with Crippen LogP contribution in [0.4, 0.5) is 11.6 Å². The van der Waals surface area contributed by atoms with E-state index in [1.807, 2.05) is 7.05 Å². The van der Waals surface area contributed by atoms with Crippen molar-refractivity contribution in [2.24, 2.45) is 0 Å². The third kappa shape index (κ3) is 3.46. The molecule has 5 heteroatoms. The fourth-order valence-electron chi connectivity index (χ4n) is 3.34. The van der Waals surface area contributed by atoms with Crippen molar-refractivity contribution < 1.29 is 0 Å². The summed E-state index contributed by atoms with van der Waals surface area (Å²) >= 11 is 0. The summed E-state index contributed by atoms with van der Waals surface area (Å²) in [6, 6.07) is 0.646. The predicted molar refractivity (Wildman–Crippen MR) is 89.2 cm³/mol. The van der Waals surface area contributed by atoms with Gasteiger partial charge >= 0.3 is 0 Å². The van der Waals surface area contributed by atoms with E-state index in [1.165, 1.54) is 24.9 Å². The Labute approximate surface area is 128 Å². The second kappa shape index (κ2) is 7.07. The quantitative estimate of drug-likeness (QED) is 0.872. The number of rotatable bonds is 6. The smallest absolute Gasteiger partial charge is 0.137 e. The topological polar surface area (TPSA) is 44.3 Å². The number of likely N-dealkylation sites (tertiary alicyclic amines) is 1. The van der Waals surface area contributed by atoms with Gasteiger partial charge in [0.15, 0.2) is 0 Å². The van der Waals surface area contributed by atoms with Crippen molar-refractivity contribution in [2.45, 2.75) is 45.6 Å². The van der Waals surface area contributed by atoms with Crippen molar-refractivity contribution in [3.63, 3.8) is 0 Å². The van der Waals surface area contributed by atoms with E-state index >= 15 is 0 Å². The number of likely N-dealkylation sites (N-methyl/N-ethyl adjacent to an activating group) is 2. The van der Waals surface area contributed by atoms with Crippen molar-refractivity contribution in [2.75, 3.05) is 43.9 Å². The van der Waals surface area contributed by atoms with Crippen LogP contribution in [0.2, 0.25) is 0 Å². The summed E-state index contributed by atoms with van der Waals surface area (Å²) in [5.74, 6) is 2.41. The molecule has 0 bridgehead atoms. The molecular weight excluding hydrogens is 262 g/mol. The van der Waals surface area contributed by atoms with E-state index in [2.05, 4.69) is 52.9 Å². The number of anilines is 2. The first-order valence-corrected chi connectivity index (χ1v) is 8.06. The van der Waals surface area contributed by atoms with Crippen molar-refractivity contribution in [3.8, 4) is 0 Å². The summed E-state index contributed by atoms with van der Waals surface area (Å²) in [6.07, 6.45) is 4.27. The number of hydrogen-bond donors (Lipinski definition) is 1. The molecule has 1 aromatic heterocycles. The van der Waals surface area contributed by atoms with Gasteiger partial charge in [0.25, 0.3) is 0 Å². The maximum atomic E-state index is 4.56. The average Bonchev–Trinajstić information content (AvgIpc) is 2.93. The highest BCUT2D eigenvalue weighted by molar-refractivity contribution is 5.59. The van der Waals surface area contributed by atoms with E-state index < -0.39 is 0 Å². The van der Waals surface area contributed by atoms with Crippen molar-refractivity contribution in [1.82, 2.24) is 14.9 Å². The zero-order valence-corrected chi connectivity index (χ0v) is 14.1. The first-order valence-electron chi connectivity index (χ1n) is 8.06. The first-order chi connectivity index (χ1) is 10.1. The molecule has 21 heavy (non-hydrogen) atoms. The molecule has 1 N–H and O–H groups in total. The van der Waals surface area contributed by atoms with Crippen LogP contribution in [0.3, 0.4) is 0 Å². The lowest BCUT2D eigenvalue weighted by Crippen LogP contribution is -2.39. The lowest BCUT2D eigenvalue weighted by Gasteiger charge is -2.30. The fraction of sp³-hybridized carbons (Fsp3) is 0.750. The number of aromatic nitrogens is 2. The normalized spacial score (nSPS) is 19.2. The Morgan fingerprint density at radius 3 is 2.81 bits per heavy atom. The molecule has 1 saturated heterocycles. The Morgan fingerprint density at radius 2 is 2.19 bits per heavy atom. The van der Waals surface area contributed by atoms with Gasteiger partial charge in [-0.2, -0.15) is 0 Å². The molecule has 1 unspecified atom stereocenters. The van der Waals surface area contributed by atoms with Gasteiger partial charge in [0.05, 0.1) is 0 Å². The molecule has 0 aromatic carbocycles. The van der Waals surface area contributed by atoms with Gasteiger partial charge in [-0.3, -0.25) is 4.90 Å². The zero-order chi connectivity index (χ0) is 15.4. The summed E-state index contributed by atoms with van der Waals surface area (Å²) in [6.45, 7) is 10.1. The number of hydrogen-bond acceptors (Lipinski definition) is 5. The lowest BCUT2D eigenvalue weighted by atomic mass is 10.0. The van der Waals surface area contributed by atoms with Crippen LogP contribution < -0.4 is 10.2 Å². The van der Waals surface area contributed by atoms with Gasteiger partial charge in [0.2, 0.25) is 0 Å². The minimum Gasteiger partial charge on any atom is -0.373 e. The first kappa shape index (κ1) is 16.0. The number of nitrogens with one attached hydrogen (secondary N) is 1. The van der Waals surface area contributed by atoms with Crippen LogP contribution in [0.5, 0.6) is 0 Å². The fourth-order valence-corrected chi connectivity index (χ4v) is 3.34. The van der Waals surface area contributed by atoms with Crippen LogP contribution in [0, 0.1) is 0 Å².